The maximum atomic E-state index is 13.9. The average molecular weight is 496 g/mol. The number of thiazole rings is 1. The molecule has 0 bridgehead atoms. The number of hydrogen-bond donors (Lipinski definition) is 0. The zero-order valence-electron chi connectivity index (χ0n) is 19.2. The second kappa shape index (κ2) is 9.84. The van der Waals surface area contributed by atoms with Crippen molar-refractivity contribution in [2.75, 3.05) is 44.3 Å². The molecule has 1 amide bonds. The highest BCUT2D eigenvalue weighted by molar-refractivity contribution is 7.23. The number of nitrogens with zero attached hydrogens (tertiary/aromatic N) is 5. The fraction of sp³-hybridized carbons (Fsp3) is 0.320. The molecule has 4 aromatic rings. The summed E-state index contributed by atoms with van der Waals surface area (Å²) in [6.07, 6.45) is 1.65. The van der Waals surface area contributed by atoms with Crippen molar-refractivity contribution in [3.05, 3.63) is 70.5 Å². The van der Waals surface area contributed by atoms with Gasteiger partial charge in [0.25, 0.3) is 5.91 Å². The van der Waals surface area contributed by atoms with Crippen LogP contribution in [0.4, 0.5) is 5.13 Å². The molecule has 1 fully saturated rings. The number of aryl methyl sites for hydroxylation is 1. The van der Waals surface area contributed by atoms with Crippen molar-refractivity contribution in [3.8, 4) is 5.69 Å². The van der Waals surface area contributed by atoms with Crippen LogP contribution in [0.3, 0.4) is 0 Å². The molecule has 0 saturated carbocycles. The molecule has 0 N–H and O–H groups in total. The summed E-state index contributed by atoms with van der Waals surface area (Å²) in [7, 11) is 0. The monoisotopic (exact) mass is 495 g/mol. The van der Waals surface area contributed by atoms with E-state index < -0.39 is 0 Å². The van der Waals surface area contributed by atoms with Crippen molar-refractivity contribution in [2.45, 2.75) is 13.8 Å². The van der Waals surface area contributed by atoms with E-state index in [1.807, 2.05) is 56.3 Å². The van der Waals surface area contributed by atoms with E-state index in [0.29, 0.717) is 35.5 Å². The van der Waals surface area contributed by atoms with E-state index in [4.69, 9.17) is 21.3 Å². The summed E-state index contributed by atoms with van der Waals surface area (Å²) in [5, 5.41) is 5.81. The molecular formula is C25H26ClN5O2S. The third-order valence-corrected chi connectivity index (χ3v) is 7.69. The third-order valence-electron chi connectivity index (χ3n) is 6.15. The highest BCUT2D eigenvalue weighted by Gasteiger charge is 2.26. The second-order valence-corrected chi connectivity index (χ2v) is 9.72. The highest BCUT2D eigenvalue weighted by atomic mass is 35.5. The molecule has 34 heavy (non-hydrogen) atoms. The number of amides is 1. The predicted octanol–water partition coefficient (Wildman–Crippen LogP) is 4.73. The summed E-state index contributed by atoms with van der Waals surface area (Å²) in [5.41, 5.74) is 4.15. The zero-order chi connectivity index (χ0) is 23.7. The van der Waals surface area contributed by atoms with E-state index in [0.717, 1.165) is 46.8 Å². The van der Waals surface area contributed by atoms with Crippen molar-refractivity contribution in [3.63, 3.8) is 0 Å². The van der Waals surface area contributed by atoms with E-state index in [-0.39, 0.29) is 5.91 Å². The van der Waals surface area contributed by atoms with Crippen LogP contribution in [0.2, 0.25) is 5.02 Å². The number of hydrogen-bond acceptors (Lipinski definition) is 6. The van der Waals surface area contributed by atoms with Gasteiger partial charge in [-0.05, 0) is 37.6 Å². The number of fused-ring (bicyclic) bond motifs is 1. The number of rotatable bonds is 6. The lowest BCUT2D eigenvalue weighted by atomic mass is 10.2. The first-order valence-corrected chi connectivity index (χ1v) is 12.5. The van der Waals surface area contributed by atoms with Gasteiger partial charge in [-0.15, -0.1) is 0 Å². The van der Waals surface area contributed by atoms with Crippen molar-refractivity contribution < 1.29 is 9.53 Å². The first-order chi connectivity index (χ1) is 16.5. The van der Waals surface area contributed by atoms with E-state index in [1.54, 1.807) is 15.8 Å². The molecule has 7 nitrogen and oxygen atoms in total. The number of ether oxygens (including phenoxy) is 1. The number of carbonyl (C=O) groups excluding carboxylic acids is 1. The Balaban J connectivity index is 1.50. The maximum Gasteiger partial charge on any atom is 0.263 e. The molecule has 1 aliphatic rings. The van der Waals surface area contributed by atoms with Gasteiger partial charge in [-0.25, -0.2) is 9.67 Å². The van der Waals surface area contributed by atoms with Crippen LogP contribution in [0.25, 0.3) is 15.9 Å². The fourth-order valence-corrected chi connectivity index (χ4v) is 5.49. The van der Waals surface area contributed by atoms with Crippen molar-refractivity contribution in [2.24, 2.45) is 0 Å². The minimum Gasteiger partial charge on any atom is -0.379 e. The number of morpholine rings is 1. The van der Waals surface area contributed by atoms with Gasteiger partial charge in [0.2, 0.25) is 0 Å². The van der Waals surface area contributed by atoms with Crippen LogP contribution < -0.4 is 4.90 Å². The summed E-state index contributed by atoms with van der Waals surface area (Å²) in [6.45, 7) is 8.34. The highest BCUT2D eigenvalue weighted by Crippen LogP contribution is 2.36. The summed E-state index contributed by atoms with van der Waals surface area (Å²) in [5.74, 6) is -0.110. The minimum absolute atomic E-state index is 0.110. The van der Waals surface area contributed by atoms with Gasteiger partial charge in [0, 0.05) is 26.2 Å². The summed E-state index contributed by atoms with van der Waals surface area (Å²) in [6, 6.07) is 13.7. The minimum atomic E-state index is -0.110. The standard InChI is InChI=1S/C25H26ClN5O2S/c1-17-8-9-21(26)23-22(17)28-25(34-23)30(11-10-29-12-14-33-15-13-29)24(32)20-16-27-31(18(20)2)19-6-4-3-5-7-19/h3-9,16H,10-15H2,1-2H3. The number of halogens is 1. The molecule has 2 aromatic heterocycles. The Morgan fingerprint density at radius 2 is 1.91 bits per heavy atom. The molecule has 9 heteroatoms. The first-order valence-electron chi connectivity index (χ1n) is 11.3. The first kappa shape index (κ1) is 23.0. The third kappa shape index (κ3) is 4.46. The lowest BCUT2D eigenvalue weighted by Gasteiger charge is -2.29. The Morgan fingerprint density at radius 1 is 1.15 bits per heavy atom. The smallest absolute Gasteiger partial charge is 0.263 e. The van der Waals surface area contributed by atoms with Gasteiger partial charge in [0.05, 0.1) is 51.6 Å². The van der Waals surface area contributed by atoms with Gasteiger partial charge in [0.1, 0.15) is 0 Å². The molecule has 0 unspecified atom stereocenters. The van der Waals surface area contributed by atoms with Crippen LogP contribution in [-0.4, -0.2) is 65.0 Å². The van der Waals surface area contributed by atoms with E-state index >= 15 is 0 Å². The van der Waals surface area contributed by atoms with Crippen LogP contribution in [0.5, 0.6) is 0 Å². The normalized spacial score (nSPS) is 14.6. The molecule has 5 rings (SSSR count). The summed E-state index contributed by atoms with van der Waals surface area (Å²) in [4.78, 5) is 22.8. The quantitative estimate of drug-likeness (QED) is 0.387. The Morgan fingerprint density at radius 3 is 2.65 bits per heavy atom. The molecule has 0 radical (unpaired) electrons. The molecule has 1 saturated heterocycles. The Kier molecular flexibility index (Phi) is 6.65. The SMILES string of the molecule is Cc1ccc(Cl)c2sc(N(CCN3CCOCC3)C(=O)c3cnn(-c4ccccc4)c3C)nc12. The van der Waals surface area contributed by atoms with E-state index in [2.05, 4.69) is 10.00 Å². The number of aromatic nitrogens is 3. The van der Waals surface area contributed by atoms with Gasteiger partial charge in [-0.3, -0.25) is 14.6 Å². The van der Waals surface area contributed by atoms with Crippen LogP contribution in [0, 0.1) is 13.8 Å². The largest absolute Gasteiger partial charge is 0.379 e. The maximum absolute atomic E-state index is 13.9. The van der Waals surface area contributed by atoms with Gasteiger partial charge < -0.3 is 4.74 Å². The second-order valence-electron chi connectivity index (χ2n) is 8.34. The molecule has 1 aliphatic heterocycles. The van der Waals surface area contributed by atoms with Gasteiger partial charge >= 0.3 is 0 Å². The Bertz CT molecular complexity index is 1270. The topological polar surface area (TPSA) is 63.5 Å². The lowest BCUT2D eigenvalue weighted by Crippen LogP contribution is -2.43. The van der Waals surface area contributed by atoms with Gasteiger partial charge in [-0.2, -0.15) is 5.10 Å². The number of anilines is 1. The molecule has 3 heterocycles. The van der Waals surface area contributed by atoms with Crippen molar-refractivity contribution >= 4 is 44.2 Å². The van der Waals surface area contributed by atoms with Gasteiger partial charge in [-0.1, -0.05) is 47.2 Å². The van der Waals surface area contributed by atoms with Crippen LogP contribution in [-0.2, 0) is 4.74 Å². The van der Waals surface area contributed by atoms with Crippen LogP contribution in [0.1, 0.15) is 21.6 Å². The predicted molar refractivity (Wildman–Crippen MR) is 137 cm³/mol. The number of para-hydroxylation sites is 1. The lowest BCUT2D eigenvalue weighted by molar-refractivity contribution is 0.0391. The molecule has 0 aliphatic carbocycles. The van der Waals surface area contributed by atoms with Gasteiger partial charge in [0.15, 0.2) is 5.13 Å². The molecule has 0 spiro atoms. The van der Waals surface area contributed by atoms with E-state index in [9.17, 15) is 4.79 Å². The molecular weight excluding hydrogens is 470 g/mol. The Labute approximate surface area is 207 Å². The van der Waals surface area contributed by atoms with E-state index in [1.165, 1.54) is 11.3 Å². The summed E-state index contributed by atoms with van der Waals surface area (Å²) >= 11 is 7.93. The summed E-state index contributed by atoms with van der Waals surface area (Å²) < 4.78 is 8.18. The Hall–Kier alpha value is -2.78. The van der Waals surface area contributed by atoms with Crippen LogP contribution >= 0.6 is 22.9 Å². The number of benzene rings is 2. The fourth-order valence-electron chi connectivity index (χ4n) is 4.15. The molecule has 2 aromatic carbocycles. The number of carbonyl (C=O) groups is 1. The van der Waals surface area contributed by atoms with Crippen molar-refractivity contribution in [1.29, 1.82) is 0 Å². The molecule has 0 atom stereocenters. The zero-order valence-corrected chi connectivity index (χ0v) is 20.8. The molecule has 176 valence electrons. The van der Waals surface area contributed by atoms with Crippen LogP contribution in [0.15, 0.2) is 48.7 Å². The van der Waals surface area contributed by atoms with Crippen molar-refractivity contribution in [1.82, 2.24) is 19.7 Å². The average Bonchev–Trinajstić information content (AvgIpc) is 3.48.